The SMILES string of the molecule is Cc1ccc(C)c(NC(=O)CSc2nnc(C(C)Oc3ccc(C)c(C)c3)n2C)c1. The monoisotopic (exact) mass is 424 g/mol. The van der Waals surface area contributed by atoms with Crippen molar-refractivity contribution < 1.29 is 9.53 Å². The van der Waals surface area contributed by atoms with E-state index >= 15 is 0 Å². The topological polar surface area (TPSA) is 69.0 Å². The summed E-state index contributed by atoms with van der Waals surface area (Å²) in [4.78, 5) is 12.4. The molecule has 1 aromatic heterocycles. The summed E-state index contributed by atoms with van der Waals surface area (Å²) in [5.41, 5.74) is 5.40. The van der Waals surface area contributed by atoms with E-state index < -0.39 is 0 Å². The lowest BCUT2D eigenvalue weighted by Gasteiger charge is -2.15. The molecule has 1 amide bonds. The van der Waals surface area contributed by atoms with Crippen molar-refractivity contribution in [1.82, 2.24) is 14.8 Å². The third kappa shape index (κ3) is 5.21. The van der Waals surface area contributed by atoms with Gasteiger partial charge in [0.25, 0.3) is 0 Å². The zero-order valence-electron chi connectivity index (χ0n) is 18.3. The average molecular weight is 425 g/mol. The van der Waals surface area contributed by atoms with Crippen LogP contribution in [0.15, 0.2) is 41.6 Å². The van der Waals surface area contributed by atoms with Gasteiger partial charge in [-0.2, -0.15) is 0 Å². The Morgan fingerprint density at radius 2 is 1.80 bits per heavy atom. The van der Waals surface area contributed by atoms with Gasteiger partial charge in [0.2, 0.25) is 5.91 Å². The van der Waals surface area contributed by atoms with Gasteiger partial charge in [0.1, 0.15) is 5.75 Å². The standard InChI is InChI=1S/C23H28N4O2S/c1-14-7-8-16(3)20(11-14)24-21(28)13-30-23-26-25-22(27(23)6)18(5)29-19-10-9-15(2)17(4)12-19/h7-12,18H,13H2,1-6H3,(H,24,28). The predicted octanol–water partition coefficient (Wildman–Crippen LogP) is 4.92. The van der Waals surface area contributed by atoms with Crippen LogP contribution in [0.1, 0.15) is 41.1 Å². The summed E-state index contributed by atoms with van der Waals surface area (Å²) < 4.78 is 7.92. The van der Waals surface area contributed by atoms with Gasteiger partial charge in [-0.1, -0.05) is 30.0 Å². The van der Waals surface area contributed by atoms with Crippen molar-refractivity contribution in [1.29, 1.82) is 0 Å². The molecule has 30 heavy (non-hydrogen) atoms. The van der Waals surface area contributed by atoms with E-state index in [-0.39, 0.29) is 17.8 Å². The lowest BCUT2D eigenvalue weighted by molar-refractivity contribution is -0.113. The number of nitrogens with zero attached hydrogens (tertiary/aromatic N) is 3. The van der Waals surface area contributed by atoms with Crippen molar-refractivity contribution in [2.45, 2.75) is 45.9 Å². The van der Waals surface area contributed by atoms with Gasteiger partial charge in [-0.25, -0.2) is 0 Å². The van der Waals surface area contributed by atoms with E-state index in [1.165, 1.54) is 22.9 Å². The number of rotatable bonds is 7. The normalized spacial score (nSPS) is 11.9. The van der Waals surface area contributed by atoms with Crippen LogP contribution in [-0.2, 0) is 11.8 Å². The zero-order valence-corrected chi connectivity index (χ0v) is 19.1. The number of aryl methyl sites for hydroxylation is 4. The zero-order chi connectivity index (χ0) is 21.8. The Bertz CT molecular complexity index is 1060. The molecule has 1 atom stereocenters. The Labute approximate surface area is 182 Å². The van der Waals surface area contributed by atoms with Gasteiger partial charge < -0.3 is 14.6 Å². The fourth-order valence-corrected chi connectivity index (χ4v) is 3.75. The minimum Gasteiger partial charge on any atom is -0.483 e. The number of carbonyl (C=O) groups is 1. The lowest BCUT2D eigenvalue weighted by atomic mass is 10.1. The molecule has 0 aliphatic rings. The highest BCUT2D eigenvalue weighted by molar-refractivity contribution is 7.99. The van der Waals surface area contributed by atoms with Crippen LogP contribution in [0.4, 0.5) is 5.69 Å². The first-order valence-electron chi connectivity index (χ1n) is 9.87. The second-order valence-electron chi connectivity index (χ2n) is 7.56. The van der Waals surface area contributed by atoms with Crippen LogP contribution in [0.3, 0.4) is 0 Å². The average Bonchev–Trinajstić information content (AvgIpc) is 3.06. The van der Waals surface area contributed by atoms with Crippen LogP contribution in [0.5, 0.6) is 5.75 Å². The molecule has 0 saturated heterocycles. The fraction of sp³-hybridized carbons (Fsp3) is 0.348. The summed E-state index contributed by atoms with van der Waals surface area (Å²) in [6, 6.07) is 12.0. The fourth-order valence-electron chi connectivity index (χ4n) is 3.04. The Morgan fingerprint density at radius 3 is 2.53 bits per heavy atom. The first-order valence-corrected chi connectivity index (χ1v) is 10.9. The van der Waals surface area contributed by atoms with Gasteiger partial charge in [0.15, 0.2) is 17.1 Å². The van der Waals surface area contributed by atoms with Crippen molar-refractivity contribution >= 4 is 23.4 Å². The molecule has 7 heteroatoms. The quantitative estimate of drug-likeness (QED) is 0.545. The van der Waals surface area contributed by atoms with Gasteiger partial charge in [-0.15, -0.1) is 10.2 Å². The number of anilines is 1. The van der Waals surface area contributed by atoms with E-state index in [1.54, 1.807) is 0 Å². The Morgan fingerprint density at radius 1 is 1.07 bits per heavy atom. The Balaban J connectivity index is 1.61. The maximum absolute atomic E-state index is 12.4. The summed E-state index contributed by atoms with van der Waals surface area (Å²) in [5, 5.41) is 12.2. The second-order valence-corrected chi connectivity index (χ2v) is 8.50. The van der Waals surface area contributed by atoms with Crippen molar-refractivity contribution in [2.24, 2.45) is 7.05 Å². The molecule has 0 saturated carbocycles. The maximum Gasteiger partial charge on any atom is 0.234 e. The van der Waals surface area contributed by atoms with Crippen molar-refractivity contribution in [3.05, 3.63) is 64.5 Å². The number of benzene rings is 2. The molecule has 0 fully saturated rings. The van der Waals surface area contributed by atoms with Gasteiger partial charge in [-0.05, 0) is 75.1 Å². The molecule has 0 spiro atoms. The number of hydrogen-bond donors (Lipinski definition) is 1. The molecule has 1 unspecified atom stereocenters. The van der Waals surface area contributed by atoms with Crippen LogP contribution in [-0.4, -0.2) is 26.4 Å². The number of carbonyl (C=O) groups excluding carboxylic acids is 1. The van der Waals surface area contributed by atoms with E-state index in [2.05, 4.69) is 29.4 Å². The first kappa shape index (κ1) is 21.9. The van der Waals surface area contributed by atoms with Crippen LogP contribution in [0, 0.1) is 27.7 Å². The van der Waals surface area contributed by atoms with Crippen LogP contribution in [0.2, 0.25) is 0 Å². The van der Waals surface area contributed by atoms with Crippen LogP contribution < -0.4 is 10.1 Å². The minimum absolute atomic E-state index is 0.0716. The molecular formula is C23H28N4O2S. The van der Waals surface area contributed by atoms with E-state index in [1.807, 2.05) is 68.8 Å². The van der Waals surface area contributed by atoms with Gasteiger partial charge in [0, 0.05) is 12.7 Å². The molecule has 3 aromatic rings. The summed E-state index contributed by atoms with van der Waals surface area (Å²) >= 11 is 1.36. The number of thioether (sulfide) groups is 1. The minimum atomic E-state index is -0.261. The van der Waals surface area contributed by atoms with Crippen molar-refractivity contribution in [2.75, 3.05) is 11.1 Å². The molecule has 1 heterocycles. The van der Waals surface area contributed by atoms with Crippen molar-refractivity contribution in [3.63, 3.8) is 0 Å². The third-order valence-corrected chi connectivity index (χ3v) is 6.04. The molecule has 158 valence electrons. The molecule has 0 radical (unpaired) electrons. The summed E-state index contributed by atoms with van der Waals surface area (Å²) in [5.74, 6) is 1.70. The molecule has 0 aliphatic carbocycles. The maximum atomic E-state index is 12.4. The van der Waals surface area contributed by atoms with E-state index in [4.69, 9.17) is 4.74 Å². The largest absolute Gasteiger partial charge is 0.483 e. The number of ether oxygens (including phenoxy) is 1. The van der Waals surface area contributed by atoms with Gasteiger partial charge in [0.05, 0.1) is 5.75 Å². The van der Waals surface area contributed by atoms with E-state index in [9.17, 15) is 4.79 Å². The van der Waals surface area contributed by atoms with E-state index in [0.29, 0.717) is 11.0 Å². The summed E-state index contributed by atoms with van der Waals surface area (Å²) in [6.07, 6.45) is -0.261. The van der Waals surface area contributed by atoms with Crippen LogP contribution in [0.25, 0.3) is 0 Å². The highest BCUT2D eigenvalue weighted by Crippen LogP contribution is 2.25. The number of hydrogen-bond acceptors (Lipinski definition) is 5. The number of aromatic nitrogens is 3. The third-order valence-electron chi connectivity index (χ3n) is 5.02. The molecule has 1 N–H and O–H groups in total. The highest BCUT2D eigenvalue weighted by atomic mass is 32.2. The molecule has 2 aromatic carbocycles. The smallest absolute Gasteiger partial charge is 0.234 e. The Hall–Kier alpha value is -2.80. The highest BCUT2D eigenvalue weighted by Gasteiger charge is 2.18. The predicted molar refractivity (Wildman–Crippen MR) is 121 cm³/mol. The Kier molecular flexibility index (Phi) is 6.82. The first-order chi connectivity index (χ1) is 14.2. The van der Waals surface area contributed by atoms with Crippen LogP contribution >= 0.6 is 11.8 Å². The van der Waals surface area contributed by atoms with Gasteiger partial charge in [-0.3, -0.25) is 4.79 Å². The number of amides is 1. The number of nitrogens with one attached hydrogen (secondary N) is 1. The molecule has 6 nitrogen and oxygen atoms in total. The van der Waals surface area contributed by atoms with Crippen molar-refractivity contribution in [3.8, 4) is 5.75 Å². The van der Waals surface area contributed by atoms with E-state index in [0.717, 1.165) is 22.6 Å². The summed E-state index contributed by atoms with van der Waals surface area (Å²) in [7, 11) is 1.89. The summed E-state index contributed by atoms with van der Waals surface area (Å²) in [6.45, 7) is 10.1. The van der Waals surface area contributed by atoms with Gasteiger partial charge >= 0.3 is 0 Å². The molecule has 0 aliphatic heterocycles. The second kappa shape index (κ2) is 9.34. The molecule has 0 bridgehead atoms. The molecule has 3 rings (SSSR count). The molecular weight excluding hydrogens is 396 g/mol. The lowest BCUT2D eigenvalue weighted by Crippen LogP contribution is -2.15.